The van der Waals surface area contributed by atoms with Gasteiger partial charge in [0.15, 0.2) is 18.4 Å². The summed E-state index contributed by atoms with van der Waals surface area (Å²) in [7, 11) is 1.62. The van der Waals surface area contributed by atoms with Gasteiger partial charge in [0.2, 0.25) is 0 Å². The molecule has 2 heterocycles. The summed E-state index contributed by atoms with van der Waals surface area (Å²) in [6.45, 7) is 7.62. The molecule has 2 aliphatic heterocycles. The second-order valence-corrected chi connectivity index (χ2v) is 7.08. The van der Waals surface area contributed by atoms with Crippen LogP contribution in [0.3, 0.4) is 0 Å². The Kier molecular flexibility index (Phi) is 9.98. The van der Waals surface area contributed by atoms with Gasteiger partial charge in [-0.1, -0.05) is 0 Å². The monoisotopic (exact) mass is 410 g/mol. The molecule has 2 rings (SSSR count). The lowest BCUT2D eigenvalue weighted by Crippen LogP contribution is -2.45. The molecule has 2 fully saturated rings. The Morgan fingerprint density at radius 3 is 2.29 bits per heavy atom. The molecule has 0 spiro atoms. The summed E-state index contributed by atoms with van der Waals surface area (Å²) in [5.41, 5.74) is 0. The maximum absolute atomic E-state index is 10.0. The summed E-state index contributed by atoms with van der Waals surface area (Å²) in [6, 6.07) is 0. The fourth-order valence-corrected chi connectivity index (χ4v) is 3.07. The molecule has 0 aliphatic carbocycles. The number of aliphatic hydroxyl groups excluding tert-OH is 2. The Labute approximate surface area is 165 Å². The highest BCUT2D eigenvalue weighted by atomic mass is 16.8. The summed E-state index contributed by atoms with van der Waals surface area (Å²) in [5, 5.41) is 19.3. The number of rotatable bonds is 14. The molecule has 10 nitrogen and oxygen atoms in total. The van der Waals surface area contributed by atoms with Crippen molar-refractivity contribution in [1.82, 2.24) is 0 Å². The maximum atomic E-state index is 10.0. The average Bonchev–Trinajstić information content (AvgIpc) is 3.12. The van der Waals surface area contributed by atoms with Gasteiger partial charge in [0.1, 0.15) is 24.4 Å². The first kappa shape index (κ1) is 23.9. The van der Waals surface area contributed by atoms with E-state index in [1.165, 1.54) is 0 Å². The van der Waals surface area contributed by atoms with E-state index in [-0.39, 0.29) is 0 Å². The Hall–Kier alpha value is -0.400. The minimum absolute atomic E-state index is 0.330. The molecule has 0 aromatic rings. The van der Waals surface area contributed by atoms with E-state index in [1.807, 2.05) is 0 Å². The number of ether oxygens (including phenoxy) is 8. The first-order valence-electron chi connectivity index (χ1n) is 9.59. The molecule has 0 amide bonds. The number of hydrogen-bond acceptors (Lipinski definition) is 10. The summed E-state index contributed by atoms with van der Waals surface area (Å²) < 4.78 is 44.3. The number of aliphatic hydroxyl groups is 2. The van der Waals surface area contributed by atoms with Gasteiger partial charge in [-0.25, -0.2) is 0 Å². The van der Waals surface area contributed by atoms with E-state index in [9.17, 15) is 10.2 Å². The molecule has 2 N–H and O–H groups in total. The second kappa shape index (κ2) is 11.7. The lowest BCUT2D eigenvalue weighted by atomic mass is 10.1. The minimum atomic E-state index is -1.11. The second-order valence-electron chi connectivity index (χ2n) is 7.08. The van der Waals surface area contributed by atoms with Gasteiger partial charge in [-0.2, -0.15) is 0 Å². The van der Waals surface area contributed by atoms with Crippen LogP contribution in [0.1, 0.15) is 20.8 Å². The Balaban J connectivity index is 1.69. The van der Waals surface area contributed by atoms with Crippen LogP contribution in [0.4, 0.5) is 0 Å². The average molecular weight is 410 g/mol. The molecule has 0 radical (unpaired) electrons. The molecule has 0 bridgehead atoms. The van der Waals surface area contributed by atoms with Crippen LogP contribution < -0.4 is 0 Å². The van der Waals surface area contributed by atoms with Crippen LogP contribution in [0.25, 0.3) is 0 Å². The zero-order valence-electron chi connectivity index (χ0n) is 17.1. The van der Waals surface area contributed by atoms with E-state index in [0.717, 1.165) is 0 Å². The Morgan fingerprint density at radius 2 is 1.64 bits per heavy atom. The molecule has 2 aliphatic rings. The molecule has 0 saturated carbocycles. The fraction of sp³-hybridized carbons (Fsp3) is 1.00. The predicted molar refractivity (Wildman–Crippen MR) is 95.6 cm³/mol. The molecule has 0 aromatic carbocycles. The van der Waals surface area contributed by atoms with Crippen molar-refractivity contribution in [3.63, 3.8) is 0 Å². The zero-order valence-corrected chi connectivity index (χ0v) is 17.1. The third-order valence-electron chi connectivity index (χ3n) is 4.33. The van der Waals surface area contributed by atoms with Crippen molar-refractivity contribution in [3.8, 4) is 0 Å². The first-order chi connectivity index (χ1) is 13.4. The Bertz CT molecular complexity index is 435. The summed E-state index contributed by atoms with van der Waals surface area (Å²) >= 11 is 0. The van der Waals surface area contributed by atoms with Crippen molar-refractivity contribution >= 4 is 0 Å². The van der Waals surface area contributed by atoms with Crippen molar-refractivity contribution in [2.45, 2.75) is 63.6 Å². The first-order valence-corrected chi connectivity index (χ1v) is 9.59. The van der Waals surface area contributed by atoms with Crippen molar-refractivity contribution in [2.75, 3.05) is 53.4 Å². The molecular weight excluding hydrogens is 376 g/mol. The van der Waals surface area contributed by atoms with Crippen LogP contribution in [-0.4, -0.2) is 106 Å². The lowest BCUT2D eigenvalue weighted by Gasteiger charge is -2.29. The molecule has 0 aromatic heterocycles. The van der Waals surface area contributed by atoms with E-state index in [2.05, 4.69) is 0 Å². The van der Waals surface area contributed by atoms with Gasteiger partial charge in [-0.05, 0) is 20.8 Å². The van der Waals surface area contributed by atoms with E-state index in [4.69, 9.17) is 37.9 Å². The Morgan fingerprint density at radius 1 is 1.00 bits per heavy atom. The van der Waals surface area contributed by atoms with Crippen LogP contribution in [0.15, 0.2) is 0 Å². The normalized spacial score (nSPS) is 31.1. The largest absolute Gasteiger partial charge is 0.394 e. The third-order valence-corrected chi connectivity index (χ3v) is 4.33. The van der Waals surface area contributed by atoms with Gasteiger partial charge < -0.3 is 48.1 Å². The summed E-state index contributed by atoms with van der Waals surface area (Å²) in [4.78, 5) is 0. The quantitative estimate of drug-likeness (QED) is 0.291. The maximum Gasteiger partial charge on any atom is 0.190 e. The van der Waals surface area contributed by atoms with Gasteiger partial charge in [-0.15, -0.1) is 0 Å². The van der Waals surface area contributed by atoms with Gasteiger partial charge in [-0.3, -0.25) is 0 Å². The van der Waals surface area contributed by atoms with Crippen LogP contribution in [0.2, 0.25) is 0 Å². The fourth-order valence-electron chi connectivity index (χ4n) is 3.07. The van der Waals surface area contributed by atoms with E-state index >= 15 is 0 Å². The van der Waals surface area contributed by atoms with Gasteiger partial charge >= 0.3 is 0 Å². The molecular formula is C18H34O10. The molecule has 28 heavy (non-hydrogen) atoms. The van der Waals surface area contributed by atoms with Crippen LogP contribution in [0, 0.1) is 0 Å². The van der Waals surface area contributed by atoms with Gasteiger partial charge in [0.25, 0.3) is 0 Å². The standard InChI is InChI=1S/C18H34O10/c1-12(24-10-9-23-8-7-22-6-5-21-4)25-15-14(13(20)11-19)26-17-16(15)27-18(2,3)28-17/h12-17,19-20H,5-11H2,1-4H3/t12?,13?,14-,15+,16-,17-/m1/s1. The smallest absolute Gasteiger partial charge is 0.190 e. The highest BCUT2D eigenvalue weighted by Gasteiger charge is 2.57. The van der Waals surface area contributed by atoms with Gasteiger partial charge in [0, 0.05) is 7.11 Å². The van der Waals surface area contributed by atoms with E-state index in [1.54, 1.807) is 27.9 Å². The highest BCUT2D eigenvalue weighted by Crippen LogP contribution is 2.40. The SMILES string of the molecule is COCCOCCOCCOC(C)O[C@@H]1[C@H]2OC(C)(C)O[C@H]2O[C@@H]1C(O)CO. The number of hydrogen-bond donors (Lipinski definition) is 2. The van der Waals surface area contributed by atoms with Crippen molar-refractivity contribution in [1.29, 1.82) is 0 Å². The molecule has 2 unspecified atom stereocenters. The van der Waals surface area contributed by atoms with Crippen LogP contribution >= 0.6 is 0 Å². The third kappa shape index (κ3) is 7.13. The topological polar surface area (TPSA) is 114 Å². The van der Waals surface area contributed by atoms with Gasteiger partial charge in [0.05, 0.1) is 46.2 Å². The molecule has 10 heteroatoms. The minimum Gasteiger partial charge on any atom is -0.394 e. The zero-order chi connectivity index (χ0) is 20.6. The van der Waals surface area contributed by atoms with Crippen LogP contribution in [-0.2, 0) is 37.9 Å². The van der Waals surface area contributed by atoms with Crippen LogP contribution in [0.5, 0.6) is 0 Å². The summed E-state index contributed by atoms with van der Waals surface area (Å²) in [6.07, 6.45) is -4.30. The van der Waals surface area contributed by atoms with Crippen molar-refractivity contribution in [3.05, 3.63) is 0 Å². The van der Waals surface area contributed by atoms with Crippen molar-refractivity contribution < 1.29 is 48.1 Å². The molecule has 166 valence electrons. The van der Waals surface area contributed by atoms with Crippen molar-refractivity contribution in [2.24, 2.45) is 0 Å². The number of methoxy groups -OCH3 is 1. The number of fused-ring (bicyclic) bond motifs is 1. The van der Waals surface area contributed by atoms with E-state index < -0.39 is 49.4 Å². The predicted octanol–water partition coefficient (Wildman–Crippen LogP) is -0.357. The summed E-state index contributed by atoms with van der Waals surface area (Å²) in [5.74, 6) is -0.810. The highest BCUT2D eigenvalue weighted by molar-refractivity contribution is 4.96. The molecule has 6 atom stereocenters. The van der Waals surface area contributed by atoms with E-state index in [0.29, 0.717) is 39.6 Å². The molecule has 2 saturated heterocycles. The lowest BCUT2D eigenvalue weighted by molar-refractivity contribution is -0.250.